The standard InChI is InChI=1S/C17H23ClFN5O/c1-4-13(10-25-9-11-6-5-7-12(18)8-11)21-16-23-14(17(2,3)19)22-15(20)24-16/h5-8,13H,4,9-10H2,1-3H3,(H3,20,21,22,23,24). The van der Waals surface area contributed by atoms with Crippen molar-refractivity contribution in [2.75, 3.05) is 17.7 Å². The zero-order valence-electron chi connectivity index (χ0n) is 14.6. The van der Waals surface area contributed by atoms with Gasteiger partial charge in [-0.25, -0.2) is 4.39 Å². The second-order valence-electron chi connectivity index (χ2n) is 6.21. The first-order valence-electron chi connectivity index (χ1n) is 8.07. The predicted molar refractivity (Wildman–Crippen MR) is 97.2 cm³/mol. The Hall–Kier alpha value is -1.99. The molecule has 6 nitrogen and oxygen atoms in total. The fraction of sp³-hybridized carbons (Fsp3) is 0.471. The van der Waals surface area contributed by atoms with Crippen molar-refractivity contribution in [2.45, 2.75) is 45.5 Å². The number of anilines is 2. The highest BCUT2D eigenvalue weighted by molar-refractivity contribution is 6.30. The topological polar surface area (TPSA) is 86.0 Å². The highest BCUT2D eigenvalue weighted by Gasteiger charge is 2.24. The molecule has 0 aliphatic rings. The average Bonchev–Trinajstić information content (AvgIpc) is 2.52. The van der Waals surface area contributed by atoms with Crippen LogP contribution in [0.4, 0.5) is 16.3 Å². The number of nitrogens with two attached hydrogens (primary N) is 1. The molecule has 2 rings (SSSR count). The maximum Gasteiger partial charge on any atom is 0.228 e. The Kier molecular flexibility index (Phi) is 6.50. The molecule has 0 saturated carbocycles. The van der Waals surface area contributed by atoms with E-state index in [0.29, 0.717) is 18.2 Å². The summed E-state index contributed by atoms with van der Waals surface area (Å²) in [5.74, 6) is 0.219. The molecular formula is C17H23ClFN5O. The van der Waals surface area contributed by atoms with Crippen LogP contribution >= 0.6 is 11.6 Å². The maximum atomic E-state index is 14.1. The number of nitrogen functional groups attached to an aromatic ring is 1. The molecule has 0 amide bonds. The first-order valence-corrected chi connectivity index (χ1v) is 8.45. The van der Waals surface area contributed by atoms with Gasteiger partial charge in [0.15, 0.2) is 11.5 Å². The maximum absolute atomic E-state index is 14.1. The normalized spacial score (nSPS) is 12.8. The molecule has 1 aromatic carbocycles. The number of rotatable bonds is 8. The van der Waals surface area contributed by atoms with E-state index in [1.165, 1.54) is 13.8 Å². The first kappa shape index (κ1) is 19.3. The summed E-state index contributed by atoms with van der Waals surface area (Å²) >= 11 is 5.95. The lowest BCUT2D eigenvalue weighted by atomic mass is 10.1. The third kappa shape index (κ3) is 6.10. The molecule has 0 spiro atoms. The van der Waals surface area contributed by atoms with Crippen LogP contribution in [0.5, 0.6) is 0 Å². The highest BCUT2D eigenvalue weighted by Crippen LogP contribution is 2.22. The molecule has 1 unspecified atom stereocenters. The van der Waals surface area contributed by atoms with Gasteiger partial charge in [-0.1, -0.05) is 30.7 Å². The van der Waals surface area contributed by atoms with Gasteiger partial charge >= 0.3 is 0 Å². The zero-order chi connectivity index (χ0) is 18.4. The van der Waals surface area contributed by atoms with Gasteiger partial charge in [0.1, 0.15) is 0 Å². The van der Waals surface area contributed by atoms with Crippen LogP contribution in [0.3, 0.4) is 0 Å². The molecule has 0 aliphatic carbocycles. The molecule has 0 aliphatic heterocycles. The summed E-state index contributed by atoms with van der Waals surface area (Å²) in [6, 6.07) is 7.46. The molecule has 25 heavy (non-hydrogen) atoms. The molecular weight excluding hydrogens is 345 g/mol. The van der Waals surface area contributed by atoms with Gasteiger partial charge in [0.05, 0.1) is 19.3 Å². The molecule has 2 aromatic rings. The second kappa shape index (κ2) is 8.40. The average molecular weight is 368 g/mol. The second-order valence-corrected chi connectivity index (χ2v) is 6.64. The van der Waals surface area contributed by atoms with Gasteiger partial charge < -0.3 is 15.8 Å². The van der Waals surface area contributed by atoms with Crippen molar-refractivity contribution in [1.82, 2.24) is 15.0 Å². The fourth-order valence-corrected chi connectivity index (χ4v) is 2.33. The van der Waals surface area contributed by atoms with E-state index in [0.717, 1.165) is 12.0 Å². The minimum Gasteiger partial charge on any atom is -0.375 e. The lowest BCUT2D eigenvalue weighted by Crippen LogP contribution is -2.27. The predicted octanol–water partition coefficient (Wildman–Crippen LogP) is 3.72. The monoisotopic (exact) mass is 367 g/mol. The molecule has 1 aromatic heterocycles. The van der Waals surface area contributed by atoms with Crippen LogP contribution in [-0.2, 0) is 17.0 Å². The number of nitrogens with one attached hydrogen (secondary N) is 1. The largest absolute Gasteiger partial charge is 0.375 e. The Balaban J connectivity index is 1.96. The number of hydrogen-bond acceptors (Lipinski definition) is 6. The molecule has 8 heteroatoms. The first-order chi connectivity index (χ1) is 11.8. The van der Waals surface area contributed by atoms with E-state index in [1.54, 1.807) is 0 Å². The van der Waals surface area contributed by atoms with Gasteiger partial charge in [-0.05, 0) is 38.0 Å². The Morgan fingerprint density at radius 3 is 2.72 bits per heavy atom. The minimum atomic E-state index is -1.70. The number of halogens is 2. The molecule has 0 fully saturated rings. The van der Waals surface area contributed by atoms with Gasteiger partial charge in [-0.2, -0.15) is 15.0 Å². The lowest BCUT2D eigenvalue weighted by Gasteiger charge is -2.19. The van der Waals surface area contributed by atoms with Gasteiger partial charge in [0.2, 0.25) is 11.9 Å². The fourth-order valence-electron chi connectivity index (χ4n) is 2.11. The third-order valence-electron chi connectivity index (χ3n) is 3.49. The van der Waals surface area contributed by atoms with Crippen molar-refractivity contribution in [1.29, 1.82) is 0 Å². The van der Waals surface area contributed by atoms with E-state index in [4.69, 9.17) is 22.1 Å². The number of nitrogens with zero attached hydrogens (tertiary/aromatic N) is 3. The third-order valence-corrected chi connectivity index (χ3v) is 3.72. The summed E-state index contributed by atoms with van der Waals surface area (Å²) in [6.45, 7) is 5.63. The van der Waals surface area contributed by atoms with E-state index in [1.807, 2.05) is 31.2 Å². The summed E-state index contributed by atoms with van der Waals surface area (Å²) in [7, 11) is 0. The van der Waals surface area contributed by atoms with E-state index in [2.05, 4.69) is 20.3 Å². The van der Waals surface area contributed by atoms with Crippen LogP contribution in [-0.4, -0.2) is 27.6 Å². The van der Waals surface area contributed by atoms with Crippen molar-refractivity contribution in [3.63, 3.8) is 0 Å². The number of alkyl halides is 1. The SMILES string of the molecule is CCC(COCc1cccc(Cl)c1)Nc1nc(N)nc(C(C)(C)F)n1. The van der Waals surface area contributed by atoms with E-state index >= 15 is 0 Å². The molecule has 1 atom stereocenters. The van der Waals surface area contributed by atoms with Crippen LogP contribution in [0, 0.1) is 0 Å². The van der Waals surface area contributed by atoms with Crippen LogP contribution in [0.1, 0.15) is 38.6 Å². The highest BCUT2D eigenvalue weighted by atomic mass is 35.5. The van der Waals surface area contributed by atoms with Crippen molar-refractivity contribution >= 4 is 23.5 Å². The zero-order valence-corrected chi connectivity index (χ0v) is 15.3. The number of ether oxygens (including phenoxy) is 1. The van der Waals surface area contributed by atoms with Crippen molar-refractivity contribution in [2.24, 2.45) is 0 Å². The van der Waals surface area contributed by atoms with Crippen LogP contribution in [0.15, 0.2) is 24.3 Å². The van der Waals surface area contributed by atoms with Gasteiger partial charge in [-0.3, -0.25) is 0 Å². The summed E-state index contributed by atoms with van der Waals surface area (Å²) in [5, 5.41) is 3.79. The molecule has 0 radical (unpaired) electrons. The smallest absolute Gasteiger partial charge is 0.228 e. The number of benzene rings is 1. The minimum absolute atomic E-state index is 0.00259. The van der Waals surface area contributed by atoms with E-state index in [-0.39, 0.29) is 23.8 Å². The van der Waals surface area contributed by atoms with Crippen molar-refractivity contribution in [3.05, 3.63) is 40.7 Å². The van der Waals surface area contributed by atoms with Gasteiger partial charge in [0, 0.05) is 5.02 Å². The van der Waals surface area contributed by atoms with Gasteiger partial charge in [-0.15, -0.1) is 0 Å². The summed E-state index contributed by atoms with van der Waals surface area (Å²) in [6.07, 6.45) is 0.773. The van der Waals surface area contributed by atoms with Crippen molar-refractivity contribution in [3.8, 4) is 0 Å². The van der Waals surface area contributed by atoms with Crippen LogP contribution in [0.2, 0.25) is 5.02 Å². The Morgan fingerprint density at radius 2 is 2.08 bits per heavy atom. The van der Waals surface area contributed by atoms with Crippen LogP contribution < -0.4 is 11.1 Å². The molecule has 3 N–H and O–H groups in total. The van der Waals surface area contributed by atoms with E-state index in [9.17, 15) is 4.39 Å². The Labute approximate surface area is 152 Å². The quantitative estimate of drug-likeness (QED) is 0.739. The van der Waals surface area contributed by atoms with Crippen molar-refractivity contribution < 1.29 is 9.13 Å². The molecule has 136 valence electrons. The molecule has 0 saturated heterocycles. The summed E-state index contributed by atoms with van der Waals surface area (Å²) in [4.78, 5) is 12.0. The van der Waals surface area contributed by atoms with E-state index < -0.39 is 5.67 Å². The number of hydrogen-bond donors (Lipinski definition) is 2. The Morgan fingerprint density at radius 1 is 1.32 bits per heavy atom. The summed E-state index contributed by atoms with van der Waals surface area (Å²) in [5.41, 5.74) is 4.95. The molecule has 0 bridgehead atoms. The Bertz CT molecular complexity index is 708. The lowest BCUT2D eigenvalue weighted by molar-refractivity contribution is 0.111. The van der Waals surface area contributed by atoms with Gasteiger partial charge in [0.25, 0.3) is 0 Å². The van der Waals surface area contributed by atoms with Crippen LogP contribution in [0.25, 0.3) is 0 Å². The number of aromatic nitrogens is 3. The molecule has 1 heterocycles. The summed E-state index contributed by atoms with van der Waals surface area (Å²) < 4.78 is 19.8.